The Morgan fingerprint density at radius 3 is 1.55 bits per heavy atom. The third kappa shape index (κ3) is 7.25. The molecule has 0 amide bonds. The number of hydrogen-bond acceptors (Lipinski definition) is 7. The third-order valence-electron chi connectivity index (χ3n) is 6.12. The number of hydrogen-bond donors (Lipinski definition) is 2. The lowest BCUT2D eigenvalue weighted by Gasteiger charge is -2.35. The van der Waals surface area contributed by atoms with Crippen molar-refractivity contribution in [3.63, 3.8) is 0 Å². The topological polar surface area (TPSA) is 60.4 Å². The minimum atomic E-state index is -0.496. The summed E-state index contributed by atoms with van der Waals surface area (Å²) < 4.78 is 4.59. The molecule has 1 aromatic heterocycles. The van der Waals surface area contributed by atoms with E-state index in [2.05, 4.69) is 66.4 Å². The number of carbonyl (C=O) groups excluding carboxylic acids is 3. The van der Waals surface area contributed by atoms with Crippen LogP contribution in [0.1, 0.15) is 38.3 Å². The summed E-state index contributed by atoms with van der Waals surface area (Å²) in [5.41, 5.74) is 3.35. The first-order valence-corrected chi connectivity index (χ1v) is 14.2. The van der Waals surface area contributed by atoms with Crippen LogP contribution in [0, 0.1) is 0 Å². The van der Waals surface area contributed by atoms with E-state index in [0.29, 0.717) is 12.0 Å². The van der Waals surface area contributed by atoms with Gasteiger partial charge in [0.2, 0.25) is 0 Å². The number of thiophene rings is 1. The van der Waals surface area contributed by atoms with E-state index in [1.54, 1.807) is 11.4 Å². The molecular formula is C31H30O4S3. The largest absolute Gasteiger partial charge is 0.465 e. The van der Waals surface area contributed by atoms with Gasteiger partial charge >= 0.3 is 5.97 Å². The molecule has 4 nitrogen and oxygen atoms in total. The first-order valence-electron chi connectivity index (χ1n) is 12.0. The van der Waals surface area contributed by atoms with Gasteiger partial charge in [-0.1, -0.05) is 91.0 Å². The van der Waals surface area contributed by atoms with E-state index in [1.807, 2.05) is 54.6 Å². The molecule has 0 saturated carbocycles. The van der Waals surface area contributed by atoms with Gasteiger partial charge in [-0.15, -0.1) is 11.3 Å². The molecule has 0 aliphatic heterocycles. The zero-order chi connectivity index (χ0) is 27.4. The molecule has 0 aliphatic carbocycles. The number of benzene rings is 3. The summed E-state index contributed by atoms with van der Waals surface area (Å²) in [7, 11) is 1.32. The molecule has 1 heterocycles. The molecule has 0 saturated heterocycles. The van der Waals surface area contributed by atoms with Gasteiger partial charge in [-0.3, -0.25) is 9.59 Å². The van der Waals surface area contributed by atoms with Crippen LogP contribution in [-0.4, -0.2) is 36.2 Å². The maximum Gasteiger partial charge on any atom is 0.338 e. The Morgan fingerprint density at radius 2 is 1.16 bits per heavy atom. The van der Waals surface area contributed by atoms with Crippen molar-refractivity contribution >= 4 is 54.1 Å². The van der Waals surface area contributed by atoms with E-state index >= 15 is 0 Å². The third-order valence-corrected chi connectivity index (χ3v) is 7.75. The fourth-order valence-corrected chi connectivity index (χ4v) is 5.44. The number of Topliss-reactive ketones (excluding diaryl/α,β-unsaturated/α-hetero) is 2. The van der Waals surface area contributed by atoms with Crippen molar-refractivity contribution in [2.45, 2.75) is 18.3 Å². The molecule has 3 aromatic carbocycles. The van der Waals surface area contributed by atoms with Crippen LogP contribution in [-0.2, 0) is 26.2 Å². The smallest absolute Gasteiger partial charge is 0.338 e. The highest BCUT2D eigenvalue weighted by atomic mass is 32.1. The molecule has 7 heteroatoms. The molecule has 4 aromatic rings. The van der Waals surface area contributed by atoms with Crippen molar-refractivity contribution in [2.24, 2.45) is 0 Å². The number of carbonyl (C=O) groups is 3. The average Bonchev–Trinajstić information content (AvgIpc) is 3.45. The molecule has 0 N–H and O–H groups in total. The lowest BCUT2D eigenvalue weighted by atomic mass is 9.66. The van der Waals surface area contributed by atoms with Crippen LogP contribution in [0.4, 0.5) is 0 Å². The van der Waals surface area contributed by atoms with Crippen LogP contribution in [0.3, 0.4) is 0 Å². The molecular weight excluding hydrogens is 533 g/mol. The van der Waals surface area contributed by atoms with Crippen LogP contribution in [0.2, 0.25) is 0 Å². The first-order chi connectivity index (χ1) is 18.5. The molecule has 4 rings (SSSR count). The SMILES string of the molecule is COC(=O)c1ccsc1CC(=O)CS.O=C(CS)CC(c1ccccc1)(c1ccccc1)c1ccccc1. The second-order valence-corrected chi connectivity index (χ2v) is 10.1. The summed E-state index contributed by atoms with van der Waals surface area (Å²) in [5, 5.41) is 1.77. The Morgan fingerprint density at radius 1 is 0.711 bits per heavy atom. The van der Waals surface area contributed by atoms with E-state index < -0.39 is 11.4 Å². The molecule has 196 valence electrons. The summed E-state index contributed by atoms with van der Waals surface area (Å²) in [4.78, 5) is 35.6. The summed E-state index contributed by atoms with van der Waals surface area (Å²) >= 11 is 9.47. The quantitative estimate of drug-likeness (QED) is 0.132. The molecule has 0 fully saturated rings. The minimum Gasteiger partial charge on any atom is -0.465 e. The number of thiol groups is 2. The lowest BCUT2D eigenvalue weighted by molar-refractivity contribution is -0.117. The van der Waals surface area contributed by atoms with Crippen molar-refractivity contribution in [1.82, 2.24) is 0 Å². The van der Waals surface area contributed by atoms with Gasteiger partial charge in [0.1, 0.15) is 11.6 Å². The van der Waals surface area contributed by atoms with Crippen molar-refractivity contribution in [1.29, 1.82) is 0 Å². The highest BCUT2D eigenvalue weighted by molar-refractivity contribution is 7.81. The molecule has 0 spiro atoms. The molecule has 0 atom stereocenters. The second kappa shape index (κ2) is 14.7. The van der Waals surface area contributed by atoms with E-state index in [-0.39, 0.29) is 29.5 Å². The summed E-state index contributed by atoms with van der Waals surface area (Å²) in [6, 6.07) is 32.5. The van der Waals surface area contributed by atoms with Crippen LogP contribution in [0.25, 0.3) is 0 Å². The van der Waals surface area contributed by atoms with E-state index in [1.165, 1.54) is 18.4 Å². The second-order valence-electron chi connectivity index (χ2n) is 8.50. The standard InChI is InChI=1S/C22H20OS.C9H10O3S2/c23-21(17-24)16-22(18-10-4-1-5-11-18,19-12-6-2-7-13-19)20-14-8-3-9-15-20;1-12-9(11)7-2-3-14-8(7)4-6(10)5-13/h1-15,24H,16-17H2;2-3,13H,4-5H2,1H3. The van der Waals surface area contributed by atoms with Gasteiger partial charge in [0.25, 0.3) is 0 Å². The van der Waals surface area contributed by atoms with Gasteiger partial charge in [0.15, 0.2) is 0 Å². The van der Waals surface area contributed by atoms with Gasteiger partial charge in [-0.2, -0.15) is 25.3 Å². The van der Waals surface area contributed by atoms with E-state index in [0.717, 1.165) is 21.6 Å². The van der Waals surface area contributed by atoms with Crippen LogP contribution in [0.15, 0.2) is 102 Å². The number of methoxy groups -OCH3 is 1. The maximum atomic E-state index is 12.5. The van der Waals surface area contributed by atoms with E-state index in [9.17, 15) is 14.4 Å². The average molecular weight is 563 g/mol. The highest BCUT2D eigenvalue weighted by Crippen LogP contribution is 2.42. The Balaban J connectivity index is 0.000000244. The summed E-state index contributed by atoms with van der Waals surface area (Å²) in [6.45, 7) is 0. The monoisotopic (exact) mass is 562 g/mol. The Bertz CT molecular complexity index is 1220. The van der Waals surface area contributed by atoms with Crippen LogP contribution in [0.5, 0.6) is 0 Å². The predicted molar refractivity (Wildman–Crippen MR) is 161 cm³/mol. The van der Waals surface area contributed by atoms with Gasteiger partial charge in [0.05, 0.1) is 18.1 Å². The normalized spacial score (nSPS) is 10.7. The molecule has 0 unspecified atom stereocenters. The highest BCUT2D eigenvalue weighted by Gasteiger charge is 2.37. The summed E-state index contributed by atoms with van der Waals surface area (Å²) in [6.07, 6.45) is 0.653. The Hall–Kier alpha value is -3.13. The van der Waals surface area contributed by atoms with Gasteiger partial charge in [-0.05, 0) is 28.1 Å². The van der Waals surface area contributed by atoms with Crippen molar-refractivity contribution < 1.29 is 19.1 Å². The first kappa shape index (κ1) is 29.4. The maximum absolute atomic E-state index is 12.5. The van der Waals surface area contributed by atoms with Gasteiger partial charge in [-0.25, -0.2) is 4.79 Å². The Kier molecular flexibility index (Phi) is 11.4. The number of esters is 1. The van der Waals surface area contributed by atoms with Crippen molar-refractivity contribution in [3.05, 3.63) is 130 Å². The Labute approximate surface area is 238 Å². The lowest BCUT2D eigenvalue weighted by Crippen LogP contribution is -2.32. The van der Waals surface area contributed by atoms with Gasteiger partial charge < -0.3 is 4.74 Å². The predicted octanol–water partition coefficient (Wildman–Crippen LogP) is 6.49. The van der Waals surface area contributed by atoms with E-state index in [4.69, 9.17) is 0 Å². The number of ether oxygens (including phenoxy) is 1. The minimum absolute atomic E-state index is 0.000867. The fourth-order valence-electron chi connectivity index (χ4n) is 4.33. The number of ketones is 2. The van der Waals surface area contributed by atoms with Crippen molar-refractivity contribution in [3.8, 4) is 0 Å². The zero-order valence-electron chi connectivity index (χ0n) is 21.1. The molecule has 0 radical (unpaired) electrons. The molecule has 38 heavy (non-hydrogen) atoms. The molecule has 0 aliphatic rings. The van der Waals surface area contributed by atoms with Crippen molar-refractivity contribution in [2.75, 3.05) is 18.6 Å². The fraction of sp³-hybridized carbons (Fsp3) is 0.194. The van der Waals surface area contributed by atoms with Gasteiger partial charge in [0, 0.05) is 29.2 Å². The molecule has 0 bridgehead atoms. The van der Waals surface area contributed by atoms with Crippen LogP contribution >= 0.6 is 36.6 Å². The van der Waals surface area contributed by atoms with Crippen LogP contribution < -0.4 is 0 Å². The summed E-state index contributed by atoms with van der Waals surface area (Å²) in [5.74, 6) is 0.177. The zero-order valence-corrected chi connectivity index (χ0v) is 23.7. The number of rotatable bonds is 10.